The highest BCUT2D eigenvalue weighted by atomic mass is 16.6. The van der Waals surface area contributed by atoms with E-state index >= 15 is 0 Å². The fourth-order valence-electron chi connectivity index (χ4n) is 3.30. The second-order valence-electron chi connectivity index (χ2n) is 6.34. The van der Waals surface area contributed by atoms with Gasteiger partial charge in [0, 0.05) is 5.92 Å². The summed E-state index contributed by atoms with van der Waals surface area (Å²) in [7, 11) is 1.65. The number of hydrogen-bond acceptors (Lipinski definition) is 4. The Bertz CT molecular complexity index is 895. The molecule has 0 fully saturated rings. The Hall–Kier alpha value is -3.01. The standard InChI is InChI=1S/C22H20O4/c1-24-20-5-3-2-4-18(20)12-17-7-6-15(13-19(17)23)16-8-9-21-22(14-16)26-11-10-25-21/h2-9,13-14,17H,10-12H2,1H3. The van der Waals surface area contributed by atoms with Gasteiger partial charge in [-0.2, -0.15) is 0 Å². The van der Waals surface area contributed by atoms with Crippen molar-refractivity contribution in [3.63, 3.8) is 0 Å². The first-order chi connectivity index (χ1) is 12.7. The minimum Gasteiger partial charge on any atom is -0.496 e. The average Bonchev–Trinajstić information content (AvgIpc) is 2.69. The molecule has 0 saturated heterocycles. The van der Waals surface area contributed by atoms with E-state index in [0.29, 0.717) is 19.6 Å². The predicted molar refractivity (Wildman–Crippen MR) is 99.7 cm³/mol. The van der Waals surface area contributed by atoms with Gasteiger partial charge in [0.05, 0.1) is 7.11 Å². The zero-order valence-electron chi connectivity index (χ0n) is 14.6. The first-order valence-electron chi connectivity index (χ1n) is 8.70. The molecule has 0 spiro atoms. The van der Waals surface area contributed by atoms with Crippen molar-refractivity contribution in [1.82, 2.24) is 0 Å². The largest absolute Gasteiger partial charge is 0.496 e. The minimum atomic E-state index is -0.174. The van der Waals surface area contributed by atoms with Crippen molar-refractivity contribution >= 4 is 11.4 Å². The molecule has 1 unspecified atom stereocenters. The van der Waals surface area contributed by atoms with Crippen LogP contribution >= 0.6 is 0 Å². The number of carbonyl (C=O) groups is 1. The lowest BCUT2D eigenvalue weighted by molar-refractivity contribution is -0.116. The second-order valence-corrected chi connectivity index (χ2v) is 6.34. The normalized spacial score (nSPS) is 18.4. The number of carbonyl (C=O) groups excluding carboxylic acids is 1. The smallest absolute Gasteiger partial charge is 0.163 e. The molecule has 0 radical (unpaired) electrons. The van der Waals surface area contributed by atoms with Gasteiger partial charge in [0.1, 0.15) is 19.0 Å². The molecular formula is C22H20O4. The van der Waals surface area contributed by atoms with Crippen LogP contribution < -0.4 is 14.2 Å². The van der Waals surface area contributed by atoms with E-state index in [1.807, 2.05) is 54.6 Å². The summed E-state index contributed by atoms with van der Waals surface area (Å²) in [4.78, 5) is 12.6. The van der Waals surface area contributed by atoms with E-state index in [1.54, 1.807) is 13.2 Å². The number of hydrogen-bond donors (Lipinski definition) is 0. The van der Waals surface area contributed by atoms with Crippen molar-refractivity contribution in [2.24, 2.45) is 5.92 Å². The van der Waals surface area contributed by atoms with Crippen molar-refractivity contribution in [2.45, 2.75) is 6.42 Å². The third kappa shape index (κ3) is 3.23. The number of rotatable bonds is 4. The fraction of sp³-hybridized carbons (Fsp3) is 0.227. The van der Waals surface area contributed by atoms with E-state index in [-0.39, 0.29) is 11.7 Å². The third-order valence-electron chi connectivity index (χ3n) is 4.68. The molecule has 1 aliphatic carbocycles. The van der Waals surface area contributed by atoms with Crippen LogP contribution in [0.3, 0.4) is 0 Å². The van der Waals surface area contributed by atoms with Crippen LogP contribution in [0.4, 0.5) is 0 Å². The highest BCUT2D eigenvalue weighted by Gasteiger charge is 2.21. The summed E-state index contributed by atoms with van der Waals surface area (Å²) in [6.07, 6.45) is 6.32. The Morgan fingerprint density at radius 3 is 2.69 bits per heavy atom. The van der Waals surface area contributed by atoms with Crippen LogP contribution in [-0.4, -0.2) is 26.1 Å². The number of methoxy groups -OCH3 is 1. The van der Waals surface area contributed by atoms with Crippen molar-refractivity contribution in [1.29, 1.82) is 0 Å². The molecule has 0 saturated carbocycles. The molecule has 1 heterocycles. The summed E-state index contributed by atoms with van der Waals surface area (Å²) < 4.78 is 16.6. The Labute approximate surface area is 152 Å². The van der Waals surface area contributed by atoms with Gasteiger partial charge in [0.25, 0.3) is 0 Å². The van der Waals surface area contributed by atoms with Crippen molar-refractivity contribution in [3.8, 4) is 17.2 Å². The molecule has 0 N–H and O–H groups in total. The van der Waals surface area contributed by atoms with Gasteiger partial charge < -0.3 is 14.2 Å². The van der Waals surface area contributed by atoms with E-state index in [4.69, 9.17) is 14.2 Å². The minimum absolute atomic E-state index is 0.100. The summed E-state index contributed by atoms with van der Waals surface area (Å²) in [5.74, 6) is 2.22. The van der Waals surface area contributed by atoms with Crippen LogP contribution in [0.5, 0.6) is 17.2 Å². The first-order valence-corrected chi connectivity index (χ1v) is 8.70. The maximum Gasteiger partial charge on any atom is 0.163 e. The van der Waals surface area contributed by atoms with Crippen LogP contribution in [0.1, 0.15) is 11.1 Å². The Balaban J connectivity index is 1.53. The number of benzene rings is 2. The molecule has 0 aromatic heterocycles. The predicted octanol–water partition coefficient (Wildman–Crippen LogP) is 3.85. The van der Waals surface area contributed by atoms with E-state index in [9.17, 15) is 4.79 Å². The van der Waals surface area contributed by atoms with Crippen molar-refractivity contribution < 1.29 is 19.0 Å². The molecule has 0 bridgehead atoms. The van der Waals surface area contributed by atoms with Crippen LogP contribution in [0.15, 0.2) is 60.7 Å². The van der Waals surface area contributed by atoms with Gasteiger partial charge in [0.2, 0.25) is 0 Å². The van der Waals surface area contributed by atoms with Gasteiger partial charge in [-0.1, -0.05) is 36.4 Å². The van der Waals surface area contributed by atoms with Crippen LogP contribution in [0, 0.1) is 5.92 Å². The quantitative estimate of drug-likeness (QED) is 0.842. The van der Waals surface area contributed by atoms with Gasteiger partial charge in [-0.05, 0) is 47.4 Å². The fourth-order valence-corrected chi connectivity index (χ4v) is 3.30. The highest BCUT2D eigenvalue weighted by Crippen LogP contribution is 2.34. The summed E-state index contributed by atoms with van der Waals surface area (Å²) in [5, 5.41) is 0. The molecular weight excluding hydrogens is 328 g/mol. The molecule has 1 aliphatic heterocycles. The van der Waals surface area contributed by atoms with Gasteiger partial charge in [0.15, 0.2) is 17.3 Å². The maximum absolute atomic E-state index is 12.6. The molecule has 4 heteroatoms. The van der Waals surface area contributed by atoms with Gasteiger partial charge in [-0.25, -0.2) is 0 Å². The second kappa shape index (κ2) is 7.08. The number of fused-ring (bicyclic) bond motifs is 1. The zero-order valence-corrected chi connectivity index (χ0v) is 14.6. The topological polar surface area (TPSA) is 44.8 Å². The van der Waals surface area contributed by atoms with E-state index in [1.165, 1.54) is 0 Å². The average molecular weight is 348 g/mol. The summed E-state index contributed by atoms with van der Waals surface area (Å²) >= 11 is 0. The van der Waals surface area contributed by atoms with Gasteiger partial charge >= 0.3 is 0 Å². The van der Waals surface area contributed by atoms with Crippen molar-refractivity contribution in [2.75, 3.05) is 20.3 Å². The molecule has 4 nitrogen and oxygen atoms in total. The number of allylic oxidation sites excluding steroid dienone is 4. The molecule has 132 valence electrons. The molecule has 2 aromatic carbocycles. The lowest BCUT2D eigenvalue weighted by Crippen LogP contribution is -2.17. The lowest BCUT2D eigenvalue weighted by Gasteiger charge is -2.20. The SMILES string of the molecule is COc1ccccc1CC1C=CC(c2ccc3c(c2)OCCO3)=CC1=O. The number of ether oxygens (including phenoxy) is 3. The Kier molecular flexibility index (Phi) is 4.48. The molecule has 1 atom stereocenters. The van der Waals surface area contributed by atoms with E-state index < -0.39 is 0 Å². The Morgan fingerprint density at radius 2 is 1.88 bits per heavy atom. The first kappa shape index (κ1) is 16.5. The molecule has 0 amide bonds. The summed E-state index contributed by atoms with van der Waals surface area (Å²) in [6.45, 7) is 1.11. The number of para-hydroxylation sites is 1. The van der Waals surface area contributed by atoms with E-state index in [2.05, 4.69) is 0 Å². The third-order valence-corrected chi connectivity index (χ3v) is 4.68. The summed E-state index contributed by atoms with van der Waals surface area (Å²) in [5.41, 5.74) is 2.88. The molecule has 2 aromatic rings. The lowest BCUT2D eigenvalue weighted by atomic mass is 9.87. The van der Waals surface area contributed by atoms with Gasteiger partial charge in [-0.15, -0.1) is 0 Å². The van der Waals surface area contributed by atoms with Gasteiger partial charge in [-0.3, -0.25) is 4.79 Å². The zero-order chi connectivity index (χ0) is 17.9. The monoisotopic (exact) mass is 348 g/mol. The van der Waals surface area contributed by atoms with Crippen LogP contribution in [-0.2, 0) is 11.2 Å². The summed E-state index contributed by atoms with van der Waals surface area (Å²) in [6, 6.07) is 13.6. The van der Waals surface area contributed by atoms with Crippen LogP contribution in [0.25, 0.3) is 5.57 Å². The molecule has 2 aliphatic rings. The molecule has 4 rings (SSSR count). The Morgan fingerprint density at radius 1 is 1.08 bits per heavy atom. The molecule has 26 heavy (non-hydrogen) atoms. The van der Waals surface area contributed by atoms with Crippen molar-refractivity contribution in [3.05, 3.63) is 71.8 Å². The van der Waals surface area contributed by atoms with E-state index in [0.717, 1.165) is 33.9 Å². The highest BCUT2D eigenvalue weighted by molar-refractivity contribution is 6.03. The maximum atomic E-state index is 12.6. The number of ketones is 1. The van der Waals surface area contributed by atoms with Crippen LogP contribution in [0.2, 0.25) is 0 Å².